The summed E-state index contributed by atoms with van der Waals surface area (Å²) in [6, 6.07) is 24.0. The number of nitrogens with zero attached hydrogens (tertiary/aromatic N) is 3. The third-order valence-corrected chi connectivity index (χ3v) is 6.68. The summed E-state index contributed by atoms with van der Waals surface area (Å²) in [6.07, 6.45) is 2.62. The Morgan fingerprint density at radius 2 is 1.74 bits per heavy atom. The highest BCUT2D eigenvalue weighted by Crippen LogP contribution is 2.34. The first-order valence-electron chi connectivity index (χ1n) is 12.3. The number of aromatic amines is 1. The molecule has 9 heteroatoms. The van der Waals surface area contributed by atoms with E-state index in [1.807, 2.05) is 66.7 Å². The summed E-state index contributed by atoms with van der Waals surface area (Å²) in [5.74, 6) is -0.127. The van der Waals surface area contributed by atoms with Crippen LogP contribution in [0.5, 0.6) is 0 Å². The van der Waals surface area contributed by atoms with Gasteiger partial charge in [0, 0.05) is 18.5 Å². The van der Waals surface area contributed by atoms with E-state index in [2.05, 4.69) is 28.1 Å². The Hall–Kier alpha value is -4.43. The summed E-state index contributed by atoms with van der Waals surface area (Å²) in [7, 11) is 0. The Kier molecular flexibility index (Phi) is 7.24. The monoisotopic (exact) mass is 527 g/mol. The molecule has 0 radical (unpaired) electrons. The van der Waals surface area contributed by atoms with Crippen LogP contribution < -0.4 is 11.5 Å². The number of nitrogens with two attached hydrogens (primary N) is 1. The molecule has 0 aliphatic rings. The summed E-state index contributed by atoms with van der Waals surface area (Å²) < 4.78 is 6.57. The number of halogens is 1. The number of imidazole rings is 1. The van der Waals surface area contributed by atoms with Crippen molar-refractivity contribution in [2.75, 3.05) is 0 Å². The Morgan fingerprint density at radius 3 is 2.39 bits per heavy atom. The Bertz CT molecular complexity index is 1640. The first kappa shape index (κ1) is 25.2. The van der Waals surface area contributed by atoms with Gasteiger partial charge in [0.15, 0.2) is 11.0 Å². The maximum absolute atomic E-state index is 12.1. The number of rotatable bonds is 9. The SMILES string of the molecule is CCCCc1nc(Cl)c(C(N)=O)n1Cc1ccc(-c2cc(-c3ccccc3)ccc2-c2noc(=O)[nH]2)cc1. The third kappa shape index (κ3) is 5.17. The number of hydrogen-bond donors (Lipinski definition) is 2. The maximum atomic E-state index is 12.1. The Labute approximate surface area is 224 Å². The highest BCUT2D eigenvalue weighted by atomic mass is 35.5. The molecule has 5 aromatic rings. The Morgan fingerprint density at radius 1 is 1.00 bits per heavy atom. The van der Waals surface area contributed by atoms with Gasteiger partial charge in [-0.15, -0.1) is 0 Å². The topological polar surface area (TPSA) is 120 Å². The van der Waals surface area contributed by atoms with E-state index in [1.165, 1.54) is 0 Å². The van der Waals surface area contributed by atoms with Gasteiger partial charge in [0.25, 0.3) is 5.91 Å². The predicted molar refractivity (Wildman–Crippen MR) is 147 cm³/mol. The molecular weight excluding hydrogens is 502 g/mol. The zero-order valence-corrected chi connectivity index (χ0v) is 21.5. The van der Waals surface area contributed by atoms with Crippen LogP contribution in [-0.2, 0) is 13.0 Å². The molecule has 1 amide bonds. The van der Waals surface area contributed by atoms with Crippen LogP contribution in [0.15, 0.2) is 82.1 Å². The van der Waals surface area contributed by atoms with E-state index in [1.54, 1.807) is 4.57 Å². The lowest BCUT2D eigenvalue weighted by Crippen LogP contribution is -2.19. The van der Waals surface area contributed by atoms with Crippen molar-refractivity contribution in [1.82, 2.24) is 19.7 Å². The molecule has 0 aliphatic heterocycles. The molecule has 0 atom stereocenters. The Balaban J connectivity index is 1.53. The van der Waals surface area contributed by atoms with Gasteiger partial charge < -0.3 is 10.3 Å². The van der Waals surface area contributed by atoms with E-state index in [0.717, 1.165) is 52.0 Å². The fourth-order valence-electron chi connectivity index (χ4n) is 4.52. The molecule has 0 spiro atoms. The number of amides is 1. The normalized spacial score (nSPS) is 11.1. The van der Waals surface area contributed by atoms with Crippen LogP contribution in [-0.4, -0.2) is 25.6 Å². The van der Waals surface area contributed by atoms with Crippen molar-refractivity contribution in [2.24, 2.45) is 5.73 Å². The zero-order valence-electron chi connectivity index (χ0n) is 20.8. The third-order valence-electron chi connectivity index (χ3n) is 6.42. The molecule has 3 aromatic carbocycles. The van der Waals surface area contributed by atoms with E-state index in [9.17, 15) is 9.59 Å². The molecule has 0 saturated carbocycles. The number of nitrogens with one attached hydrogen (secondary N) is 1. The van der Waals surface area contributed by atoms with Crippen molar-refractivity contribution in [1.29, 1.82) is 0 Å². The van der Waals surface area contributed by atoms with Gasteiger partial charge in [-0.2, -0.15) is 0 Å². The van der Waals surface area contributed by atoms with Crippen LogP contribution in [0.4, 0.5) is 0 Å². The van der Waals surface area contributed by atoms with E-state index in [4.69, 9.17) is 21.9 Å². The minimum absolute atomic E-state index is 0.129. The molecule has 0 fully saturated rings. The lowest BCUT2D eigenvalue weighted by molar-refractivity contribution is 0.0991. The van der Waals surface area contributed by atoms with Crippen molar-refractivity contribution in [3.63, 3.8) is 0 Å². The van der Waals surface area contributed by atoms with Crippen molar-refractivity contribution < 1.29 is 9.32 Å². The molecule has 2 heterocycles. The van der Waals surface area contributed by atoms with Gasteiger partial charge in [0.2, 0.25) is 0 Å². The fraction of sp³-hybridized carbons (Fsp3) is 0.172. The quantitative estimate of drug-likeness (QED) is 0.254. The molecule has 0 bridgehead atoms. The molecule has 8 nitrogen and oxygen atoms in total. The van der Waals surface area contributed by atoms with E-state index >= 15 is 0 Å². The second kappa shape index (κ2) is 10.9. The number of unbranched alkanes of at least 4 members (excludes halogenated alkanes) is 1. The van der Waals surface area contributed by atoms with Gasteiger partial charge in [-0.05, 0) is 46.4 Å². The minimum atomic E-state index is -0.614. The average Bonchev–Trinajstić information content (AvgIpc) is 3.50. The van der Waals surface area contributed by atoms with Crippen LogP contribution in [0.2, 0.25) is 5.15 Å². The minimum Gasteiger partial charge on any atom is -0.364 e. The lowest BCUT2D eigenvalue weighted by atomic mass is 9.93. The smallest absolute Gasteiger partial charge is 0.364 e. The number of hydrogen-bond acceptors (Lipinski definition) is 5. The molecule has 2 aromatic heterocycles. The second-order valence-electron chi connectivity index (χ2n) is 8.99. The van der Waals surface area contributed by atoms with Crippen molar-refractivity contribution in [3.8, 4) is 33.6 Å². The van der Waals surface area contributed by atoms with Crippen molar-refractivity contribution in [2.45, 2.75) is 32.7 Å². The van der Waals surface area contributed by atoms with Crippen LogP contribution in [0, 0.1) is 0 Å². The van der Waals surface area contributed by atoms with Gasteiger partial charge in [-0.25, -0.2) is 9.78 Å². The van der Waals surface area contributed by atoms with Gasteiger partial charge in [0.1, 0.15) is 11.5 Å². The summed E-state index contributed by atoms with van der Waals surface area (Å²) in [5.41, 5.74) is 11.4. The van der Waals surface area contributed by atoms with Gasteiger partial charge in [-0.3, -0.25) is 14.3 Å². The molecule has 192 valence electrons. The highest BCUT2D eigenvalue weighted by Gasteiger charge is 2.20. The van der Waals surface area contributed by atoms with Crippen LogP contribution in [0.3, 0.4) is 0 Å². The molecule has 38 heavy (non-hydrogen) atoms. The first-order chi connectivity index (χ1) is 18.4. The number of aromatic nitrogens is 4. The first-order valence-corrected chi connectivity index (χ1v) is 12.7. The van der Waals surface area contributed by atoms with Gasteiger partial charge in [0.05, 0.1) is 0 Å². The predicted octanol–water partition coefficient (Wildman–Crippen LogP) is 5.70. The van der Waals surface area contributed by atoms with E-state index in [-0.39, 0.29) is 10.8 Å². The molecular formula is C29H26ClN5O3. The fourth-order valence-corrected chi connectivity index (χ4v) is 4.81. The number of carbonyl (C=O) groups is 1. The van der Waals surface area contributed by atoms with Crippen molar-refractivity contribution in [3.05, 3.63) is 106 Å². The van der Waals surface area contributed by atoms with Gasteiger partial charge >= 0.3 is 5.76 Å². The van der Waals surface area contributed by atoms with Crippen LogP contribution >= 0.6 is 11.6 Å². The lowest BCUT2D eigenvalue weighted by Gasteiger charge is -2.13. The van der Waals surface area contributed by atoms with Gasteiger partial charge in [-0.1, -0.05) is 90.8 Å². The average molecular weight is 528 g/mol. The summed E-state index contributed by atoms with van der Waals surface area (Å²) in [5, 5.41) is 4.03. The number of H-pyrrole nitrogens is 1. The highest BCUT2D eigenvalue weighted by molar-refractivity contribution is 6.32. The van der Waals surface area contributed by atoms with E-state index in [0.29, 0.717) is 18.8 Å². The van der Waals surface area contributed by atoms with Crippen molar-refractivity contribution >= 4 is 17.5 Å². The van der Waals surface area contributed by atoms with E-state index < -0.39 is 11.7 Å². The molecule has 3 N–H and O–H groups in total. The molecule has 5 rings (SSSR count). The second-order valence-corrected chi connectivity index (χ2v) is 9.35. The summed E-state index contributed by atoms with van der Waals surface area (Å²) >= 11 is 6.27. The maximum Gasteiger partial charge on any atom is 0.439 e. The van der Waals surface area contributed by atoms with Crippen LogP contribution in [0.25, 0.3) is 33.6 Å². The standard InChI is InChI=1S/C29H26ClN5O3/c1-2-3-9-24-32-26(30)25(27(31)36)35(24)17-18-10-12-20(13-11-18)23-16-21(19-7-5-4-6-8-19)14-15-22(23)28-33-29(37)38-34-28/h4-8,10-16H,2-3,9,17H2,1H3,(H2,31,36)(H,33,34,37). The summed E-state index contributed by atoms with van der Waals surface area (Å²) in [6.45, 7) is 2.50. The largest absolute Gasteiger partial charge is 0.439 e. The number of primary amides is 1. The summed E-state index contributed by atoms with van der Waals surface area (Å²) in [4.78, 5) is 30.8. The number of carbonyl (C=O) groups excluding carboxylic acids is 1. The molecule has 0 unspecified atom stereocenters. The molecule has 0 saturated heterocycles. The number of aryl methyl sites for hydroxylation is 1. The van der Waals surface area contributed by atoms with Crippen LogP contribution in [0.1, 0.15) is 41.6 Å². The number of benzene rings is 3. The zero-order chi connectivity index (χ0) is 26.6. The molecule has 0 aliphatic carbocycles.